The maximum absolute atomic E-state index is 15.0. The number of fused-ring (bicyclic) bond motifs is 2. The van der Waals surface area contributed by atoms with Crippen LogP contribution in [0.1, 0.15) is 10.4 Å². The molecular weight excluding hydrogens is 397 g/mol. The van der Waals surface area contributed by atoms with E-state index in [1.807, 2.05) is 47.4 Å². The molecule has 0 amide bonds. The van der Waals surface area contributed by atoms with Crippen molar-refractivity contribution in [1.29, 1.82) is 0 Å². The molecule has 1 fully saturated rings. The molecule has 5 rings (SSSR count). The molecule has 1 saturated heterocycles. The SMILES string of the molecule is O=C(O)c1cn(-c2ccc3ccccc3c2)c2cc(N3CCNCC3)c(F)cc2c1=O. The van der Waals surface area contributed by atoms with Crippen molar-refractivity contribution in [3.63, 3.8) is 0 Å². The highest BCUT2D eigenvalue weighted by Crippen LogP contribution is 2.28. The summed E-state index contributed by atoms with van der Waals surface area (Å²) in [4.78, 5) is 26.5. The lowest BCUT2D eigenvalue weighted by Gasteiger charge is -2.30. The number of hydrogen-bond donors (Lipinski definition) is 2. The zero-order valence-electron chi connectivity index (χ0n) is 16.6. The highest BCUT2D eigenvalue weighted by Gasteiger charge is 2.21. The molecule has 0 spiro atoms. The third-order valence-electron chi connectivity index (χ3n) is 5.77. The van der Waals surface area contributed by atoms with Crippen LogP contribution < -0.4 is 15.6 Å². The Morgan fingerprint density at radius 2 is 1.74 bits per heavy atom. The van der Waals surface area contributed by atoms with E-state index in [-0.39, 0.29) is 5.39 Å². The molecule has 31 heavy (non-hydrogen) atoms. The monoisotopic (exact) mass is 417 g/mol. The summed E-state index contributed by atoms with van der Waals surface area (Å²) in [6, 6.07) is 16.4. The highest BCUT2D eigenvalue weighted by atomic mass is 19.1. The molecule has 0 atom stereocenters. The fourth-order valence-electron chi connectivity index (χ4n) is 4.17. The molecule has 2 N–H and O–H groups in total. The first-order valence-corrected chi connectivity index (χ1v) is 10.1. The van der Waals surface area contributed by atoms with Crippen molar-refractivity contribution >= 4 is 33.3 Å². The van der Waals surface area contributed by atoms with Crippen LogP contribution in [-0.4, -0.2) is 41.8 Å². The lowest BCUT2D eigenvalue weighted by molar-refractivity contribution is 0.0695. The van der Waals surface area contributed by atoms with Gasteiger partial charge in [-0.3, -0.25) is 4.79 Å². The molecule has 4 aromatic rings. The second-order valence-corrected chi connectivity index (χ2v) is 7.64. The van der Waals surface area contributed by atoms with Crippen LogP contribution in [0.25, 0.3) is 27.4 Å². The molecule has 7 heteroatoms. The summed E-state index contributed by atoms with van der Waals surface area (Å²) in [5.41, 5.74) is 0.496. The summed E-state index contributed by atoms with van der Waals surface area (Å²) in [6.07, 6.45) is 1.33. The molecule has 1 aliphatic rings. The van der Waals surface area contributed by atoms with E-state index in [1.54, 1.807) is 10.6 Å². The van der Waals surface area contributed by atoms with Crippen molar-refractivity contribution in [3.05, 3.63) is 82.4 Å². The van der Waals surface area contributed by atoms with Crippen molar-refractivity contribution in [3.8, 4) is 5.69 Å². The van der Waals surface area contributed by atoms with Gasteiger partial charge in [0.25, 0.3) is 0 Å². The lowest BCUT2D eigenvalue weighted by atomic mass is 10.1. The zero-order chi connectivity index (χ0) is 21.5. The maximum Gasteiger partial charge on any atom is 0.341 e. The van der Waals surface area contributed by atoms with Gasteiger partial charge in [-0.25, -0.2) is 9.18 Å². The standard InChI is InChI=1S/C24H20FN3O3/c25-20-12-18-21(13-22(20)27-9-7-26-8-10-27)28(14-19(23(18)29)24(30)31)17-6-5-15-3-1-2-4-16(15)11-17/h1-6,11-14,26H,7-10H2,(H,30,31). The van der Waals surface area contributed by atoms with E-state index in [0.717, 1.165) is 23.9 Å². The Kier molecular flexibility index (Phi) is 4.67. The van der Waals surface area contributed by atoms with Crippen LogP contribution in [0.3, 0.4) is 0 Å². The van der Waals surface area contributed by atoms with E-state index in [2.05, 4.69) is 5.32 Å². The Bertz CT molecular complexity index is 1390. The molecule has 156 valence electrons. The minimum Gasteiger partial charge on any atom is -0.477 e. The predicted octanol–water partition coefficient (Wildman–Crippen LogP) is 3.39. The number of nitrogens with zero attached hydrogens (tertiary/aromatic N) is 2. The highest BCUT2D eigenvalue weighted by molar-refractivity contribution is 5.95. The number of hydrogen-bond acceptors (Lipinski definition) is 4. The van der Waals surface area contributed by atoms with Crippen LogP contribution in [0.4, 0.5) is 10.1 Å². The van der Waals surface area contributed by atoms with Crippen LogP contribution in [0, 0.1) is 5.82 Å². The summed E-state index contributed by atoms with van der Waals surface area (Å²) in [7, 11) is 0. The van der Waals surface area contributed by atoms with Gasteiger partial charge in [0.1, 0.15) is 11.4 Å². The molecule has 6 nitrogen and oxygen atoms in total. The molecule has 2 heterocycles. The number of rotatable bonds is 3. The van der Waals surface area contributed by atoms with Crippen molar-refractivity contribution in [1.82, 2.24) is 9.88 Å². The fraction of sp³-hybridized carbons (Fsp3) is 0.167. The first kappa shape index (κ1) is 19.3. The van der Waals surface area contributed by atoms with Gasteiger partial charge in [0.05, 0.1) is 11.2 Å². The minimum absolute atomic E-state index is 0.0458. The van der Waals surface area contributed by atoms with Gasteiger partial charge in [-0.2, -0.15) is 0 Å². The first-order chi connectivity index (χ1) is 15.0. The van der Waals surface area contributed by atoms with Gasteiger partial charge in [-0.15, -0.1) is 0 Å². The lowest BCUT2D eigenvalue weighted by Crippen LogP contribution is -2.43. The molecule has 0 saturated carbocycles. The van der Waals surface area contributed by atoms with Gasteiger partial charge >= 0.3 is 5.97 Å². The third-order valence-corrected chi connectivity index (χ3v) is 5.77. The van der Waals surface area contributed by atoms with Gasteiger partial charge in [0, 0.05) is 43.4 Å². The van der Waals surface area contributed by atoms with Gasteiger partial charge in [0.2, 0.25) is 5.43 Å². The molecule has 0 radical (unpaired) electrons. The van der Waals surface area contributed by atoms with E-state index in [9.17, 15) is 14.7 Å². The van der Waals surface area contributed by atoms with Crippen LogP contribution in [0.15, 0.2) is 65.6 Å². The van der Waals surface area contributed by atoms with Gasteiger partial charge in [-0.05, 0) is 35.0 Å². The summed E-state index contributed by atoms with van der Waals surface area (Å²) >= 11 is 0. The Balaban J connectivity index is 1.80. The van der Waals surface area contributed by atoms with Crippen LogP contribution in [0.2, 0.25) is 0 Å². The van der Waals surface area contributed by atoms with Crippen LogP contribution in [0.5, 0.6) is 0 Å². The Morgan fingerprint density at radius 3 is 2.48 bits per heavy atom. The second kappa shape index (κ2) is 7.52. The van der Waals surface area contributed by atoms with Gasteiger partial charge in [-0.1, -0.05) is 30.3 Å². The number of carbonyl (C=O) groups is 1. The number of pyridine rings is 1. The molecule has 1 aromatic heterocycles. The number of aromatic carboxylic acids is 1. The molecule has 0 unspecified atom stereocenters. The second-order valence-electron chi connectivity index (χ2n) is 7.64. The topological polar surface area (TPSA) is 74.6 Å². The first-order valence-electron chi connectivity index (χ1n) is 10.1. The smallest absolute Gasteiger partial charge is 0.341 e. The average Bonchev–Trinajstić information content (AvgIpc) is 2.79. The van der Waals surface area contributed by atoms with Crippen molar-refractivity contribution in [2.24, 2.45) is 0 Å². The summed E-state index contributed by atoms with van der Waals surface area (Å²) in [6.45, 7) is 2.78. The van der Waals surface area contributed by atoms with Crippen LogP contribution >= 0.6 is 0 Å². The number of nitrogens with one attached hydrogen (secondary N) is 1. The quantitative estimate of drug-likeness (QED) is 0.535. The largest absolute Gasteiger partial charge is 0.477 e. The normalized spacial score (nSPS) is 14.3. The Labute approximate surface area is 177 Å². The Morgan fingerprint density at radius 1 is 1.00 bits per heavy atom. The number of piperazine rings is 1. The summed E-state index contributed by atoms with van der Waals surface area (Å²) in [5.74, 6) is -1.87. The zero-order valence-corrected chi connectivity index (χ0v) is 16.6. The van der Waals surface area contributed by atoms with Gasteiger partial charge in [0.15, 0.2) is 0 Å². The molecule has 0 bridgehead atoms. The molecule has 1 aliphatic heterocycles. The number of carboxylic acid groups (broad SMARTS) is 1. The maximum atomic E-state index is 15.0. The summed E-state index contributed by atoms with van der Waals surface area (Å²) in [5, 5.41) is 14.9. The van der Waals surface area contributed by atoms with Crippen molar-refractivity contribution in [2.75, 3.05) is 31.1 Å². The fourth-order valence-corrected chi connectivity index (χ4v) is 4.17. The number of anilines is 1. The average molecular weight is 417 g/mol. The number of carboxylic acids is 1. The van der Waals surface area contributed by atoms with Crippen molar-refractivity contribution < 1.29 is 14.3 Å². The third kappa shape index (κ3) is 3.33. The number of aromatic nitrogens is 1. The minimum atomic E-state index is -1.34. The van der Waals surface area contributed by atoms with E-state index in [0.29, 0.717) is 30.0 Å². The predicted molar refractivity (Wildman–Crippen MR) is 119 cm³/mol. The number of halogens is 1. The Hall–Kier alpha value is -3.71. The van der Waals surface area contributed by atoms with E-state index in [4.69, 9.17) is 0 Å². The summed E-state index contributed by atoms with van der Waals surface area (Å²) < 4.78 is 16.7. The van der Waals surface area contributed by atoms with E-state index < -0.39 is 22.8 Å². The van der Waals surface area contributed by atoms with Crippen molar-refractivity contribution in [2.45, 2.75) is 0 Å². The van der Waals surface area contributed by atoms with Gasteiger partial charge < -0.3 is 19.9 Å². The number of benzene rings is 3. The van der Waals surface area contributed by atoms with E-state index in [1.165, 1.54) is 12.3 Å². The molecule has 3 aromatic carbocycles. The van der Waals surface area contributed by atoms with E-state index >= 15 is 4.39 Å². The molecule has 0 aliphatic carbocycles. The molecular formula is C24H20FN3O3. The van der Waals surface area contributed by atoms with Crippen LogP contribution in [-0.2, 0) is 0 Å².